The van der Waals surface area contributed by atoms with Gasteiger partial charge in [-0.05, 0) is 56.0 Å². The third-order valence-corrected chi connectivity index (χ3v) is 7.72. The van der Waals surface area contributed by atoms with Crippen molar-refractivity contribution in [3.05, 3.63) is 58.6 Å². The number of benzene rings is 2. The highest BCUT2D eigenvalue weighted by atomic mass is 35.5. The molecular weight excluding hydrogens is 432 g/mol. The van der Waals surface area contributed by atoms with Gasteiger partial charge in [-0.3, -0.25) is 9.10 Å². The molecule has 0 radical (unpaired) electrons. The molecule has 5 nitrogen and oxygen atoms in total. The van der Waals surface area contributed by atoms with Crippen molar-refractivity contribution in [1.29, 1.82) is 0 Å². The highest BCUT2D eigenvalue weighted by Gasteiger charge is 2.28. The van der Waals surface area contributed by atoms with Crippen LogP contribution in [0.2, 0.25) is 5.02 Å². The lowest BCUT2D eigenvalue weighted by molar-refractivity contribution is -0.119. The fourth-order valence-corrected chi connectivity index (χ4v) is 5.04. The van der Waals surface area contributed by atoms with Crippen LogP contribution < -0.4 is 9.62 Å². The van der Waals surface area contributed by atoms with E-state index in [1.807, 2.05) is 6.92 Å². The lowest BCUT2D eigenvalue weighted by Crippen LogP contribution is -2.42. The minimum Gasteiger partial charge on any atom is -0.354 e. The molecule has 1 N–H and O–H groups in total. The van der Waals surface area contributed by atoms with E-state index in [9.17, 15) is 13.2 Å². The summed E-state index contributed by atoms with van der Waals surface area (Å²) in [5.74, 6) is 0.0592. The van der Waals surface area contributed by atoms with Gasteiger partial charge in [-0.25, -0.2) is 8.42 Å². The van der Waals surface area contributed by atoms with Crippen molar-refractivity contribution in [2.75, 3.05) is 17.4 Å². The number of carbonyl (C=O) groups excluding carboxylic acids is 1. The molecule has 0 unspecified atom stereocenters. The average Bonchev–Trinajstić information content (AvgIpc) is 2.74. The van der Waals surface area contributed by atoms with Crippen molar-refractivity contribution in [3.63, 3.8) is 0 Å². The van der Waals surface area contributed by atoms with Crippen LogP contribution >= 0.6 is 11.6 Å². The molecule has 0 fully saturated rings. The second-order valence-electron chi connectivity index (χ2n) is 7.93. The van der Waals surface area contributed by atoms with Gasteiger partial charge in [-0.15, -0.1) is 0 Å². The number of halogens is 1. The number of nitrogens with one attached hydrogen (secondary N) is 1. The summed E-state index contributed by atoms with van der Waals surface area (Å²) in [5, 5.41) is 3.38. The molecule has 170 valence electrons. The van der Waals surface area contributed by atoms with Gasteiger partial charge in [0.1, 0.15) is 6.54 Å². The maximum absolute atomic E-state index is 13.5. The lowest BCUT2D eigenvalue weighted by Gasteiger charge is -2.26. The van der Waals surface area contributed by atoms with Crippen molar-refractivity contribution in [2.45, 2.75) is 58.3 Å². The molecule has 0 saturated heterocycles. The third-order valence-electron chi connectivity index (χ3n) is 5.54. The largest absolute Gasteiger partial charge is 0.354 e. The van der Waals surface area contributed by atoms with E-state index in [4.69, 9.17) is 11.6 Å². The number of unbranched alkanes of at least 4 members (excludes halogenated alkanes) is 1. The molecule has 0 aliphatic carbocycles. The summed E-state index contributed by atoms with van der Waals surface area (Å²) in [7, 11) is -3.95. The molecule has 0 aromatic heterocycles. The van der Waals surface area contributed by atoms with Gasteiger partial charge in [0.15, 0.2) is 0 Å². The number of sulfonamides is 1. The zero-order valence-electron chi connectivity index (χ0n) is 18.8. The molecule has 2 rings (SSSR count). The quantitative estimate of drug-likeness (QED) is 0.478. The van der Waals surface area contributed by atoms with Crippen LogP contribution in [-0.4, -0.2) is 27.4 Å². The van der Waals surface area contributed by atoms with Crippen LogP contribution in [0.25, 0.3) is 0 Å². The normalized spacial score (nSPS) is 12.4. The molecule has 0 aliphatic rings. The van der Waals surface area contributed by atoms with E-state index < -0.39 is 10.0 Å². The Bertz CT molecular complexity index is 975. The monoisotopic (exact) mass is 464 g/mol. The summed E-state index contributed by atoms with van der Waals surface area (Å²) in [6.07, 6.45) is 4.25. The summed E-state index contributed by atoms with van der Waals surface area (Å²) in [6.45, 7) is 8.14. The van der Waals surface area contributed by atoms with Gasteiger partial charge < -0.3 is 5.32 Å². The first kappa shape index (κ1) is 25.2. The Hall–Kier alpha value is -2.05. The van der Waals surface area contributed by atoms with Crippen LogP contribution in [0.1, 0.15) is 50.7 Å². The van der Waals surface area contributed by atoms with E-state index in [1.165, 1.54) is 0 Å². The van der Waals surface area contributed by atoms with Gasteiger partial charge in [0, 0.05) is 11.6 Å². The summed E-state index contributed by atoms with van der Waals surface area (Å²) in [5.41, 5.74) is 1.98. The second kappa shape index (κ2) is 11.5. The molecule has 0 bridgehead atoms. The van der Waals surface area contributed by atoms with Gasteiger partial charge >= 0.3 is 0 Å². The molecule has 1 atom stereocenters. The van der Waals surface area contributed by atoms with Crippen molar-refractivity contribution in [2.24, 2.45) is 5.92 Å². The van der Waals surface area contributed by atoms with Crippen LogP contribution in [0.3, 0.4) is 0 Å². The molecule has 0 aliphatic heterocycles. The Balaban J connectivity index is 2.31. The number of hydrogen-bond donors (Lipinski definition) is 1. The molecule has 7 heteroatoms. The predicted octanol–water partition coefficient (Wildman–Crippen LogP) is 5.48. The number of carbonyl (C=O) groups is 1. The molecule has 31 heavy (non-hydrogen) atoms. The molecular formula is C24H33ClN2O3S. The van der Waals surface area contributed by atoms with Gasteiger partial charge in [0.25, 0.3) is 10.0 Å². The Morgan fingerprint density at radius 1 is 1.10 bits per heavy atom. The van der Waals surface area contributed by atoms with E-state index in [-0.39, 0.29) is 17.3 Å². The summed E-state index contributed by atoms with van der Waals surface area (Å²) >= 11 is 6.26. The number of aryl methyl sites for hydroxylation is 1. The first-order valence-corrected chi connectivity index (χ1v) is 12.6. The number of nitrogens with zero attached hydrogens (tertiary/aromatic N) is 1. The van der Waals surface area contributed by atoms with E-state index >= 15 is 0 Å². The number of hydrogen-bond acceptors (Lipinski definition) is 3. The number of rotatable bonds is 11. The van der Waals surface area contributed by atoms with Gasteiger partial charge in [0.05, 0.1) is 10.6 Å². The SMILES string of the molecule is CCCC[C@@H](CC)CNC(=O)CN(c1cccc(Cl)c1C)S(=O)(=O)c1ccc(C)cc1. The Morgan fingerprint density at radius 2 is 1.77 bits per heavy atom. The zero-order valence-corrected chi connectivity index (χ0v) is 20.4. The van der Waals surface area contributed by atoms with Crippen LogP contribution in [0.15, 0.2) is 47.4 Å². The van der Waals surface area contributed by atoms with E-state index in [0.717, 1.165) is 35.6 Å². The fourth-order valence-electron chi connectivity index (χ4n) is 3.39. The van der Waals surface area contributed by atoms with Crippen LogP contribution in [0.5, 0.6) is 0 Å². The molecule has 0 saturated carbocycles. The minimum absolute atomic E-state index is 0.139. The van der Waals surface area contributed by atoms with Gasteiger partial charge in [-0.1, -0.05) is 68.5 Å². The van der Waals surface area contributed by atoms with Gasteiger partial charge in [-0.2, -0.15) is 0 Å². The first-order chi connectivity index (χ1) is 14.7. The van der Waals surface area contributed by atoms with E-state index in [0.29, 0.717) is 28.7 Å². The number of amides is 1. The van der Waals surface area contributed by atoms with Crippen molar-refractivity contribution >= 4 is 33.2 Å². The minimum atomic E-state index is -3.95. The van der Waals surface area contributed by atoms with Crippen molar-refractivity contribution < 1.29 is 13.2 Å². The summed E-state index contributed by atoms with van der Waals surface area (Å²) in [6, 6.07) is 11.7. The highest BCUT2D eigenvalue weighted by Crippen LogP contribution is 2.30. The van der Waals surface area contributed by atoms with Crippen LogP contribution in [0, 0.1) is 19.8 Å². The topological polar surface area (TPSA) is 66.5 Å². The standard InChI is InChI=1S/C24H33ClN2O3S/c1-5-7-9-20(6-2)16-26-24(28)17-27(23-11-8-10-22(25)19(23)4)31(29,30)21-14-12-18(3)13-15-21/h8,10-15,20H,5-7,9,16-17H2,1-4H3,(H,26,28)/t20-/m1/s1. The van der Waals surface area contributed by atoms with Gasteiger partial charge in [0.2, 0.25) is 5.91 Å². The maximum Gasteiger partial charge on any atom is 0.264 e. The fraction of sp³-hybridized carbons (Fsp3) is 0.458. The Labute approximate surface area is 191 Å². The average molecular weight is 465 g/mol. The molecule has 1 amide bonds. The van der Waals surface area contributed by atoms with Crippen LogP contribution in [0.4, 0.5) is 5.69 Å². The molecule has 0 spiro atoms. The predicted molar refractivity (Wildman–Crippen MR) is 128 cm³/mol. The molecule has 2 aromatic rings. The Kier molecular flexibility index (Phi) is 9.38. The zero-order chi connectivity index (χ0) is 23.0. The maximum atomic E-state index is 13.5. The summed E-state index contributed by atoms with van der Waals surface area (Å²) in [4.78, 5) is 12.9. The highest BCUT2D eigenvalue weighted by molar-refractivity contribution is 7.92. The van der Waals surface area contributed by atoms with Crippen LogP contribution in [-0.2, 0) is 14.8 Å². The number of anilines is 1. The third kappa shape index (κ3) is 6.71. The Morgan fingerprint density at radius 3 is 2.39 bits per heavy atom. The smallest absolute Gasteiger partial charge is 0.264 e. The molecule has 0 heterocycles. The van der Waals surface area contributed by atoms with E-state index in [1.54, 1.807) is 49.4 Å². The lowest BCUT2D eigenvalue weighted by atomic mass is 9.99. The first-order valence-electron chi connectivity index (χ1n) is 10.8. The van der Waals surface area contributed by atoms with E-state index in [2.05, 4.69) is 19.2 Å². The van der Waals surface area contributed by atoms with Crippen molar-refractivity contribution in [3.8, 4) is 0 Å². The molecule has 2 aromatic carbocycles. The summed E-state index contributed by atoms with van der Waals surface area (Å²) < 4.78 is 28.1. The second-order valence-corrected chi connectivity index (χ2v) is 10.2. The van der Waals surface area contributed by atoms with Crippen molar-refractivity contribution in [1.82, 2.24) is 5.32 Å².